The van der Waals surface area contributed by atoms with Crippen LogP contribution in [-0.2, 0) is 4.74 Å². The maximum Gasteiger partial charge on any atom is 0.337 e. The molecule has 3 nitrogen and oxygen atoms in total. The van der Waals surface area contributed by atoms with Crippen molar-refractivity contribution >= 4 is 40.2 Å². The maximum atomic E-state index is 11.5. The molecule has 3 aromatic rings. The molecule has 0 fully saturated rings. The molecule has 2 aromatic carbocycles. The smallest absolute Gasteiger partial charge is 0.337 e. The maximum absolute atomic E-state index is 11.5. The lowest BCUT2D eigenvalue weighted by Crippen LogP contribution is -2.00. The van der Waals surface area contributed by atoms with Crippen molar-refractivity contribution < 1.29 is 9.53 Å². The Balaban J connectivity index is 0.00000133. The summed E-state index contributed by atoms with van der Waals surface area (Å²) in [6, 6.07) is 15.4. The Labute approximate surface area is 116 Å². The first-order valence-corrected chi connectivity index (χ1v) is 5.66. The molecule has 96 valence electrons. The molecule has 0 aliphatic rings. The van der Waals surface area contributed by atoms with Crippen LogP contribution in [0, 0.1) is 0 Å². The predicted octanol–water partition coefficient (Wildman–Crippen LogP) is 3.60. The van der Waals surface area contributed by atoms with Gasteiger partial charge in [-0.15, -0.1) is 12.4 Å². The van der Waals surface area contributed by atoms with Gasteiger partial charge in [-0.05, 0) is 24.3 Å². The van der Waals surface area contributed by atoms with Gasteiger partial charge < -0.3 is 4.74 Å². The normalized spacial score (nSPS) is 10.2. The molecule has 0 saturated heterocycles. The number of carbonyl (C=O) groups is 1. The second-order valence-electron chi connectivity index (χ2n) is 4.08. The van der Waals surface area contributed by atoms with Crippen molar-refractivity contribution in [3.63, 3.8) is 0 Å². The molecule has 0 aliphatic carbocycles. The molecule has 19 heavy (non-hydrogen) atoms. The van der Waals surface area contributed by atoms with Crippen LogP contribution in [0.3, 0.4) is 0 Å². The largest absolute Gasteiger partial charge is 0.465 e. The monoisotopic (exact) mass is 273 g/mol. The third-order valence-electron chi connectivity index (χ3n) is 2.94. The second kappa shape index (κ2) is 5.24. The standard InChI is InChI=1S/C15H11NO2.ClH/c1-18-15(17)12-7-6-11-8-10-4-2-3-5-13(10)16-14(11)9-12;/h2-9H,1H3;1H. The van der Waals surface area contributed by atoms with Gasteiger partial charge in [0, 0.05) is 10.8 Å². The van der Waals surface area contributed by atoms with Gasteiger partial charge in [-0.25, -0.2) is 9.78 Å². The SMILES string of the molecule is COC(=O)c1ccc2cc3ccccc3nc2c1.Cl. The van der Waals surface area contributed by atoms with Crippen LogP contribution in [0.1, 0.15) is 10.4 Å². The zero-order valence-electron chi connectivity index (χ0n) is 10.3. The molecule has 0 N–H and O–H groups in total. The predicted molar refractivity (Wildman–Crippen MR) is 77.8 cm³/mol. The highest BCUT2D eigenvalue weighted by molar-refractivity contribution is 5.97. The number of halogens is 1. The number of para-hydroxylation sites is 1. The van der Waals surface area contributed by atoms with E-state index in [0.717, 1.165) is 21.8 Å². The van der Waals surface area contributed by atoms with Crippen LogP contribution in [0.2, 0.25) is 0 Å². The van der Waals surface area contributed by atoms with Crippen molar-refractivity contribution in [2.24, 2.45) is 0 Å². The summed E-state index contributed by atoms with van der Waals surface area (Å²) >= 11 is 0. The first-order chi connectivity index (χ1) is 8.78. The summed E-state index contributed by atoms with van der Waals surface area (Å²) in [6.07, 6.45) is 0. The fourth-order valence-corrected chi connectivity index (χ4v) is 2.02. The summed E-state index contributed by atoms with van der Waals surface area (Å²) in [7, 11) is 1.38. The third-order valence-corrected chi connectivity index (χ3v) is 2.94. The Morgan fingerprint density at radius 1 is 1.00 bits per heavy atom. The number of esters is 1. The molecule has 0 saturated carbocycles. The van der Waals surface area contributed by atoms with E-state index in [1.807, 2.05) is 30.3 Å². The van der Waals surface area contributed by atoms with E-state index in [0.29, 0.717) is 5.56 Å². The Morgan fingerprint density at radius 2 is 1.74 bits per heavy atom. The van der Waals surface area contributed by atoms with Gasteiger partial charge in [0.2, 0.25) is 0 Å². The molecule has 0 aliphatic heterocycles. The van der Waals surface area contributed by atoms with E-state index in [9.17, 15) is 4.79 Å². The number of hydrogen-bond donors (Lipinski definition) is 0. The summed E-state index contributed by atoms with van der Waals surface area (Å²) in [5, 5.41) is 2.11. The Kier molecular flexibility index (Phi) is 3.67. The molecular weight excluding hydrogens is 262 g/mol. The third kappa shape index (κ3) is 2.37. The number of nitrogens with zero attached hydrogens (tertiary/aromatic N) is 1. The Bertz CT molecular complexity index is 755. The zero-order valence-corrected chi connectivity index (χ0v) is 11.1. The van der Waals surface area contributed by atoms with Crippen LogP contribution in [-0.4, -0.2) is 18.1 Å². The molecule has 3 rings (SSSR count). The number of fused-ring (bicyclic) bond motifs is 2. The highest BCUT2D eigenvalue weighted by Crippen LogP contribution is 2.20. The fourth-order valence-electron chi connectivity index (χ4n) is 2.02. The number of methoxy groups -OCH3 is 1. The number of hydrogen-bond acceptors (Lipinski definition) is 3. The van der Waals surface area contributed by atoms with Gasteiger partial charge in [0.15, 0.2) is 0 Å². The Morgan fingerprint density at radius 3 is 2.53 bits per heavy atom. The van der Waals surface area contributed by atoms with E-state index in [1.54, 1.807) is 12.1 Å². The number of carbonyl (C=O) groups excluding carboxylic acids is 1. The molecule has 0 unspecified atom stereocenters. The average Bonchev–Trinajstić information content (AvgIpc) is 2.43. The molecule has 0 amide bonds. The molecule has 4 heteroatoms. The lowest BCUT2D eigenvalue weighted by Gasteiger charge is -2.03. The van der Waals surface area contributed by atoms with E-state index < -0.39 is 0 Å². The van der Waals surface area contributed by atoms with Crippen LogP contribution in [0.4, 0.5) is 0 Å². The van der Waals surface area contributed by atoms with Gasteiger partial charge >= 0.3 is 5.97 Å². The van der Waals surface area contributed by atoms with Crippen LogP contribution < -0.4 is 0 Å². The number of ether oxygens (including phenoxy) is 1. The topological polar surface area (TPSA) is 39.2 Å². The van der Waals surface area contributed by atoms with Gasteiger partial charge in [-0.2, -0.15) is 0 Å². The second-order valence-corrected chi connectivity index (χ2v) is 4.08. The van der Waals surface area contributed by atoms with Crippen LogP contribution >= 0.6 is 12.4 Å². The summed E-state index contributed by atoms with van der Waals surface area (Å²) in [6.45, 7) is 0. The van der Waals surface area contributed by atoms with Gasteiger partial charge in [0.25, 0.3) is 0 Å². The number of pyridine rings is 1. The minimum absolute atomic E-state index is 0. The zero-order chi connectivity index (χ0) is 12.5. The molecular formula is C15H12ClNO2. The van der Waals surface area contributed by atoms with Crippen LogP contribution in [0.25, 0.3) is 21.8 Å². The highest BCUT2D eigenvalue weighted by atomic mass is 35.5. The van der Waals surface area contributed by atoms with E-state index in [4.69, 9.17) is 4.74 Å². The number of aromatic nitrogens is 1. The lowest BCUT2D eigenvalue weighted by molar-refractivity contribution is 0.0601. The van der Waals surface area contributed by atoms with E-state index >= 15 is 0 Å². The van der Waals surface area contributed by atoms with E-state index in [1.165, 1.54) is 7.11 Å². The lowest BCUT2D eigenvalue weighted by atomic mass is 10.1. The van der Waals surface area contributed by atoms with Crippen LogP contribution in [0.5, 0.6) is 0 Å². The van der Waals surface area contributed by atoms with Gasteiger partial charge in [-0.3, -0.25) is 0 Å². The molecule has 1 aromatic heterocycles. The molecule has 1 heterocycles. The van der Waals surface area contributed by atoms with E-state index in [2.05, 4.69) is 11.1 Å². The summed E-state index contributed by atoms with van der Waals surface area (Å²) in [4.78, 5) is 16.0. The average molecular weight is 274 g/mol. The first kappa shape index (κ1) is 13.3. The molecule has 0 bridgehead atoms. The molecule has 0 spiro atoms. The van der Waals surface area contributed by atoms with Crippen molar-refractivity contribution in [1.82, 2.24) is 4.98 Å². The van der Waals surface area contributed by atoms with Crippen molar-refractivity contribution in [3.05, 3.63) is 54.1 Å². The fraction of sp³-hybridized carbons (Fsp3) is 0.0667. The first-order valence-electron chi connectivity index (χ1n) is 5.66. The summed E-state index contributed by atoms with van der Waals surface area (Å²) in [5.41, 5.74) is 2.25. The molecule has 0 atom stereocenters. The minimum Gasteiger partial charge on any atom is -0.465 e. The van der Waals surface area contributed by atoms with Gasteiger partial charge in [0.05, 0.1) is 23.7 Å². The number of benzene rings is 2. The highest BCUT2D eigenvalue weighted by Gasteiger charge is 2.07. The summed E-state index contributed by atoms with van der Waals surface area (Å²) in [5.74, 6) is -0.341. The van der Waals surface area contributed by atoms with Gasteiger partial charge in [-0.1, -0.05) is 24.3 Å². The quantitative estimate of drug-likeness (QED) is 0.502. The van der Waals surface area contributed by atoms with Crippen molar-refractivity contribution in [2.75, 3.05) is 7.11 Å². The van der Waals surface area contributed by atoms with E-state index in [-0.39, 0.29) is 18.4 Å². The van der Waals surface area contributed by atoms with Crippen molar-refractivity contribution in [2.45, 2.75) is 0 Å². The summed E-state index contributed by atoms with van der Waals surface area (Å²) < 4.78 is 4.71. The van der Waals surface area contributed by atoms with Crippen LogP contribution in [0.15, 0.2) is 48.5 Å². The van der Waals surface area contributed by atoms with Crippen molar-refractivity contribution in [1.29, 1.82) is 0 Å². The van der Waals surface area contributed by atoms with Crippen molar-refractivity contribution in [3.8, 4) is 0 Å². The Hall–Kier alpha value is -2.13. The minimum atomic E-state index is -0.341. The molecule has 0 radical (unpaired) electrons. The van der Waals surface area contributed by atoms with Gasteiger partial charge in [0.1, 0.15) is 0 Å². The number of rotatable bonds is 1.